The van der Waals surface area contributed by atoms with Crippen LogP contribution in [0.4, 0.5) is 8.78 Å². The molecule has 2 aromatic carbocycles. The van der Waals surface area contributed by atoms with Crippen LogP contribution in [-0.2, 0) is 12.3 Å². The van der Waals surface area contributed by atoms with E-state index < -0.39 is 5.92 Å². The summed E-state index contributed by atoms with van der Waals surface area (Å²) >= 11 is 1.60. The Morgan fingerprint density at radius 3 is 2.57 bits per heavy atom. The molecule has 0 aliphatic heterocycles. The molecule has 154 valence electrons. The Kier molecular flexibility index (Phi) is 6.09. The Morgan fingerprint density at radius 2 is 1.83 bits per heavy atom. The van der Waals surface area contributed by atoms with E-state index in [1.165, 1.54) is 4.68 Å². The zero-order chi connectivity index (χ0) is 21.0. The second-order valence-electron chi connectivity index (χ2n) is 7.44. The molecule has 0 atom stereocenters. The lowest BCUT2D eigenvalue weighted by atomic mass is 9.79. The first-order chi connectivity index (χ1) is 14.6. The van der Waals surface area contributed by atoms with Crippen molar-refractivity contribution in [1.82, 2.24) is 20.2 Å². The molecule has 0 radical (unpaired) electrons. The summed E-state index contributed by atoms with van der Waals surface area (Å²) in [6, 6.07) is 18.4. The van der Waals surface area contributed by atoms with Crippen LogP contribution in [0.5, 0.6) is 0 Å². The number of alkyl halides is 2. The largest absolute Gasteiger partial charge is 0.248 e. The third kappa shape index (κ3) is 4.68. The van der Waals surface area contributed by atoms with Gasteiger partial charge in [0.1, 0.15) is 6.54 Å². The van der Waals surface area contributed by atoms with E-state index in [1.54, 1.807) is 11.8 Å². The van der Waals surface area contributed by atoms with Gasteiger partial charge in [-0.05, 0) is 58.0 Å². The summed E-state index contributed by atoms with van der Waals surface area (Å²) in [4.78, 5) is 1.07. The molecular weight excluding hydrogens is 404 g/mol. The van der Waals surface area contributed by atoms with Crippen LogP contribution in [0.1, 0.15) is 43.0 Å². The van der Waals surface area contributed by atoms with Gasteiger partial charge in [-0.25, -0.2) is 13.5 Å². The number of rotatable bonds is 6. The quantitative estimate of drug-likeness (QED) is 0.491. The summed E-state index contributed by atoms with van der Waals surface area (Å²) in [6.45, 7) is 0.131. The summed E-state index contributed by atoms with van der Waals surface area (Å²) in [7, 11) is 0. The molecule has 0 N–H and O–H groups in total. The normalized spacial score (nSPS) is 16.3. The smallest absolute Gasteiger partial charge is 0.215 e. The van der Waals surface area contributed by atoms with Crippen LogP contribution < -0.4 is 0 Å². The SMILES string of the molecule is N#CCn1nnnc1CSc1ccc(-c2ccccc2C2CCC(F)(F)CC2)cc1. The number of hydrogen-bond donors (Lipinski definition) is 0. The summed E-state index contributed by atoms with van der Waals surface area (Å²) in [5, 5.41) is 20.2. The van der Waals surface area contributed by atoms with E-state index >= 15 is 0 Å². The van der Waals surface area contributed by atoms with Crippen molar-refractivity contribution in [1.29, 1.82) is 5.26 Å². The molecule has 4 rings (SSSR count). The van der Waals surface area contributed by atoms with Crippen LogP contribution in [0.3, 0.4) is 0 Å². The fourth-order valence-corrected chi connectivity index (χ4v) is 4.69. The molecule has 0 saturated heterocycles. The van der Waals surface area contributed by atoms with Gasteiger partial charge in [-0.15, -0.1) is 16.9 Å². The molecule has 1 aliphatic rings. The molecular formula is C22H21F2N5S. The predicted molar refractivity (Wildman–Crippen MR) is 111 cm³/mol. The van der Waals surface area contributed by atoms with Gasteiger partial charge in [-0.3, -0.25) is 0 Å². The molecule has 1 heterocycles. The number of thioether (sulfide) groups is 1. The van der Waals surface area contributed by atoms with E-state index in [9.17, 15) is 8.78 Å². The maximum Gasteiger partial charge on any atom is 0.248 e. The molecule has 0 spiro atoms. The lowest BCUT2D eigenvalue weighted by Gasteiger charge is -2.29. The molecule has 8 heteroatoms. The molecule has 1 aliphatic carbocycles. The second kappa shape index (κ2) is 8.92. The zero-order valence-corrected chi connectivity index (χ0v) is 17.2. The van der Waals surface area contributed by atoms with Crippen molar-refractivity contribution in [3.8, 4) is 17.2 Å². The Labute approximate surface area is 178 Å². The first-order valence-electron chi connectivity index (χ1n) is 9.88. The van der Waals surface area contributed by atoms with Crippen LogP contribution in [0.25, 0.3) is 11.1 Å². The van der Waals surface area contributed by atoms with Crippen molar-refractivity contribution in [3.63, 3.8) is 0 Å². The van der Waals surface area contributed by atoms with Gasteiger partial charge in [0.25, 0.3) is 0 Å². The standard InChI is InChI=1S/C22H21F2N5S/c23-22(24)11-9-17(10-12-22)20-4-2-1-3-19(20)16-5-7-18(8-6-16)30-15-21-26-27-28-29(21)14-13-25/h1-8,17H,9-12,14-15H2. The Balaban J connectivity index is 1.47. The monoisotopic (exact) mass is 425 g/mol. The molecule has 0 unspecified atom stereocenters. The van der Waals surface area contributed by atoms with Gasteiger partial charge in [0.15, 0.2) is 5.82 Å². The first-order valence-corrected chi connectivity index (χ1v) is 10.9. The minimum atomic E-state index is -2.52. The number of halogens is 2. The minimum absolute atomic E-state index is 0.0349. The third-order valence-electron chi connectivity index (χ3n) is 5.48. The van der Waals surface area contributed by atoms with Gasteiger partial charge in [0.05, 0.1) is 11.8 Å². The number of nitriles is 1. The molecule has 0 amide bonds. The van der Waals surface area contributed by atoms with E-state index in [2.05, 4.69) is 39.8 Å². The highest BCUT2D eigenvalue weighted by atomic mass is 32.2. The van der Waals surface area contributed by atoms with Gasteiger partial charge < -0.3 is 0 Å². The van der Waals surface area contributed by atoms with Gasteiger partial charge in [-0.1, -0.05) is 36.4 Å². The van der Waals surface area contributed by atoms with Crippen molar-refractivity contribution in [2.24, 2.45) is 0 Å². The molecule has 3 aromatic rings. The Hall–Kier alpha value is -2.79. The average molecular weight is 426 g/mol. The van der Waals surface area contributed by atoms with Gasteiger partial charge in [-0.2, -0.15) is 5.26 Å². The number of nitrogens with zero attached hydrogens (tertiary/aromatic N) is 5. The first kappa shape index (κ1) is 20.5. The zero-order valence-electron chi connectivity index (χ0n) is 16.3. The fraction of sp³-hybridized carbons (Fsp3) is 0.364. The van der Waals surface area contributed by atoms with Crippen LogP contribution >= 0.6 is 11.8 Å². The fourth-order valence-electron chi connectivity index (χ4n) is 3.86. The number of aromatic nitrogens is 4. The van der Waals surface area contributed by atoms with E-state index in [4.69, 9.17) is 5.26 Å². The van der Waals surface area contributed by atoms with Crippen molar-refractivity contribution in [2.75, 3.05) is 0 Å². The topological polar surface area (TPSA) is 67.4 Å². The molecule has 1 saturated carbocycles. The predicted octanol–water partition coefficient (Wildman–Crippen LogP) is 5.45. The summed E-state index contributed by atoms with van der Waals surface area (Å²) in [5.74, 6) is -1.11. The van der Waals surface area contributed by atoms with Gasteiger partial charge in [0.2, 0.25) is 5.92 Å². The Bertz CT molecular complexity index is 1030. The molecule has 1 aromatic heterocycles. The lowest BCUT2D eigenvalue weighted by Crippen LogP contribution is -2.23. The van der Waals surface area contributed by atoms with Crippen molar-refractivity contribution < 1.29 is 8.78 Å². The van der Waals surface area contributed by atoms with Crippen molar-refractivity contribution in [3.05, 3.63) is 59.9 Å². The van der Waals surface area contributed by atoms with E-state index in [1.807, 2.05) is 30.3 Å². The number of hydrogen-bond acceptors (Lipinski definition) is 5. The molecule has 1 fully saturated rings. The molecule has 30 heavy (non-hydrogen) atoms. The highest BCUT2D eigenvalue weighted by molar-refractivity contribution is 7.98. The number of tetrazole rings is 1. The summed E-state index contributed by atoms with van der Waals surface area (Å²) in [6.07, 6.45) is 0.977. The van der Waals surface area contributed by atoms with E-state index in [0.717, 1.165) is 21.6 Å². The summed E-state index contributed by atoms with van der Waals surface area (Å²) in [5.41, 5.74) is 3.35. The van der Waals surface area contributed by atoms with Crippen molar-refractivity contribution >= 4 is 11.8 Å². The molecule has 0 bridgehead atoms. The van der Waals surface area contributed by atoms with Crippen LogP contribution in [0.2, 0.25) is 0 Å². The second-order valence-corrected chi connectivity index (χ2v) is 8.49. The maximum absolute atomic E-state index is 13.6. The minimum Gasteiger partial charge on any atom is -0.215 e. The van der Waals surface area contributed by atoms with E-state index in [0.29, 0.717) is 24.4 Å². The third-order valence-corrected chi connectivity index (χ3v) is 6.49. The van der Waals surface area contributed by atoms with Crippen LogP contribution in [0.15, 0.2) is 53.4 Å². The average Bonchev–Trinajstić information content (AvgIpc) is 3.20. The maximum atomic E-state index is 13.6. The lowest BCUT2D eigenvalue weighted by molar-refractivity contribution is -0.0381. The van der Waals surface area contributed by atoms with Gasteiger partial charge in [0, 0.05) is 17.7 Å². The van der Waals surface area contributed by atoms with Crippen molar-refractivity contribution in [2.45, 2.75) is 54.7 Å². The highest BCUT2D eigenvalue weighted by Gasteiger charge is 2.35. The number of benzene rings is 2. The molecule has 5 nitrogen and oxygen atoms in total. The highest BCUT2D eigenvalue weighted by Crippen LogP contribution is 2.43. The van der Waals surface area contributed by atoms with Crippen LogP contribution in [-0.4, -0.2) is 26.1 Å². The van der Waals surface area contributed by atoms with E-state index in [-0.39, 0.29) is 25.3 Å². The van der Waals surface area contributed by atoms with Gasteiger partial charge >= 0.3 is 0 Å². The Morgan fingerprint density at radius 1 is 1.10 bits per heavy atom. The van der Waals surface area contributed by atoms with Crippen LogP contribution in [0, 0.1) is 11.3 Å². The summed E-state index contributed by atoms with van der Waals surface area (Å²) < 4.78 is 28.6.